The highest BCUT2D eigenvalue weighted by molar-refractivity contribution is 5.73. The van der Waals surface area contributed by atoms with Crippen LogP contribution >= 0.6 is 0 Å². The van der Waals surface area contributed by atoms with Crippen molar-refractivity contribution >= 4 is 5.97 Å². The minimum Gasteiger partial charge on any atom is -0.497 e. The van der Waals surface area contributed by atoms with E-state index in [1.165, 1.54) is 0 Å². The van der Waals surface area contributed by atoms with Crippen molar-refractivity contribution in [2.45, 2.75) is 19.4 Å². The molecule has 1 N–H and O–H groups in total. The number of methoxy groups -OCH3 is 1. The summed E-state index contributed by atoms with van der Waals surface area (Å²) in [7, 11) is 1.58. The van der Waals surface area contributed by atoms with E-state index in [0.717, 1.165) is 11.1 Å². The molecule has 1 atom stereocenters. The Bertz CT molecular complexity index is 622. The van der Waals surface area contributed by atoms with E-state index in [2.05, 4.69) is 0 Å². The predicted octanol–water partition coefficient (Wildman–Crippen LogP) is 3.08. The van der Waals surface area contributed by atoms with Gasteiger partial charge in [0, 0.05) is 6.42 Å². The zero-order valence-corrected chi connectivity index (χ0v) is 12.1. The van der Waals surface area contributed by atoms with Gasteiger partial charge < -0.3 is 14.6 Å². The molecular weight excluding hydrogens is 268 g/mol. The molecule has 0 saturated carbocycles. The molecule has 0 amide bonds. The van der Waals surface area contributed by atoms with Crippen molar-refractivity contribution in [1.82, 2.24) is 0 Å². The fraction of sp³-hybridized carbons (Fsp3) is 0.235. The lowest BCUT2D eigenvalue weighted by atomic mass is 10.1. The van der Waals surface area contributed by atoms with Gasteiger partial charge in [0.15, 0.2) is 6.10 Å². The van der Waals surface area contributed by atoms with Crippen LogP contribution in [0.15, 0.2) is 48.5 Å². The molecule has 4 heteroatoms. The Hall–Kier alpha value is -2.49. The van der Waals surface area contributed by atoms with Gasteiger partial charge in [-0.2, -0.15) is 0 Å². The molecule has 0 heterocycles. The smallest absolute Gasteiger partial charge is 0.345 e. The fourth-order valence-corrected chi connectivity index (χ4v) is 2.05. The second-order valence-electron chi connectivity index (χ2n) is 4.82. The van der Waals surface area contributed by atoms with Gasteiger partial charge >= 0.3 is 5.97 Å². The van der Waals surface area contributed by atoms with E-state index in [9.17, 15) is 9.90 Å². The first-order chi connectivity index (χ1) is 10.1. The van der Waals surface area contributed by atoms with Crippen molar-refractivity contribution in [3.8, 4) is 11.5 Å². The Morgan fingerprint density at radius 2 is 1.86 bits per heavy atom. The van der Waals surface area contributed by atoms with E-state index in [0.29, 0.717) is 11.5 Å². The Morgan fingerprint density at radius 3 is 2.52 bits per heavy atom. The minimum absolute atomic E-state index is 0.278. The van der Waals surface area contributed by atoms with E-state index in [1.807, 2.05) is 49.4 Å². The summed E-state index contributed by atoms with van der Waals surface area (Å²) in [6, 6.07) is 14.7. The molecule has 0 unspecified atom stereocenters. The van der Waals surface area contributed by atoms with Crippen LogP contribution in [0.4, 0.5) is 0 Å². The summed E-state index contributed by atoms with van der Waals surface area (Å²) in [5, 5.41) is 9.34. The maximum Gasteiger partial charge on any atom is 0.345 e. The zero-order chi connectivity index (χ0) is 15.2. The lowest BCUT2D eigenvalue weighted by Gasteiger charge is -2.16. The molecule has 2 aromatic carbocycles. The number of rotatable bonds is 6. The van der Waals surface area contributed by atoms with Crippen LogP contribution in [0.3, 0.4) is 0 Å². The second-order valence-corrected chi connectivity index (χ2v) is 4.82. The highest BCUT2D eigenvalue weighted by Crippen LogP contribution is 2.18. The average molecular weight is 286 g/mol. The number of aliphatic carboxylic acids is 1. The quantitative estimate of drug-likeness (QED) is 0.886. The number of hydrogen-bond donors (Lipinski definition) is 1. The highest BCUT2D eigenvalue weighted by Gasteiger charge is 2.20. The number of carboxylic acids is 1. The summed E-state index contributed by atoms with van der Waals surface area (Å²) in [5.41, 5.74) is 1.88. The molecule has 0 saturated heterocycles. The zero-order valence-electron chi connectivity index (χ0n) is 12.1. The molecule has 2 rings (SSSR count). The normalized spacial score (nSPS) is 11.7. The van der Waals surface area contributed by atoms with Gasteiger partial charge in [-0.1, -0.05) is 24.3 Å². The standard InChI is InChI=1S/C17H18O4/c1-12-5-3-8-15(9-12)21-16(17(18)19)11-13-6-4-7-14(10-13)20-2/h3-10,16H,11H2,1-2H3,(H,18,19)/t16-/m1/s1. The molecular formula is C17H18O4. The van der Waals surface area contributed by atoms with Crippen molar-refractivity contribution in [3.63, 3.8) is 0 Å². The van der Waals surface area contributed by atoms with Gasteiger partial charge in [0.1, 0.15) is 11.5 Å². The third kappa shape index (κ3) is 4.24. The van der Waals surface area contributed by atoms with Crippen LogP contribution in [0.5, 0.6) is 11.5 Å². The van der Waals surface area contributed by atoms with Crippen molar-refractivity contribution in [3.05, 3.63) is 59.7 Å². The minimum atomic E-state index is -0.987. The second kappa shape index (κ2) is 6.79. The van der Waals surface area contributed by atoms with E-state index in [4.69, 9.17) is 9.47 Å². The highest BCUT2D eigenvalue weighted by atomic mass is 16.5. The lowest BCUT2D eigenvalue weighted by Crippen LogP contribution is -2.29. The van der Waals surface area contributed by atoms with Crippen molar-refractivity contribution in [1.29, 1.82) is 0 Å². The molecule has 0 aliphatic carbocycles. The summed E-state index contributed by atoms with van der Waals surface area (Å²) < 4.78 is 10.7. The molecule has 0 aliphatic rings. The van der Waals surface area contributed by atoms with Crippen LogP contribution in [-0.2, 0) is 11.2 Å². The van der Waals surface area contributed by atoms with Crippen molar-refractivity contribution < 1.29 is 19.4 Å². The summed E-state index contributed by atoms with van der Waals surface area (Å²) in [5.74, 6) is 0.275. The number of ether oxygens (including phenoxy) is 2. The third-order valence-electron chi connectivity index (χ3n) is 3.10. The maximum atomic E-state index is 11.4. The third-order valence-corrected chi connectivity index (χ3v) is 3.10. The topological polar surface area (TPSA) is 55.8 Å². The van der Waals surface area contributed by atoms with Crippen molar-refractivity contribution in [2.75, 3.05) is 7.11 Å². The Labute approximate surface area is 123 Å². The largest absolute Gasteiger partial charge is 0.497 e. The predicted molar refractivity (Wildman–Crippen MR) is 79.9 cm³/mol. The molecule has 0 aromatic heterocycles. The van der Waals surface area contributed by atoms with Crippen LogP contribution in [0.1, 0.15) is 11.1 Å². The van der Waals surface area contributed by atoms with E-state index in [-0.39, 0.29) is 6.42 Å². The number of carboxylic acid groups (broad SMARTS) is 1. The van der Waals surface area contributed by atoms with Gasteiger partial charge in [-0.25, -0.2) is 4.79 Å². The number of aryl methyl sites for hydroxylation is 1. The first kappa shape index (κ1) is 14.9. The summed E-state index contributed by atoms with van der Waals surface area (Å²) in [4.78, 5) is 11.4. The Balaban J connectivity index is 2.13. The Morgan fingerprint density at radius 1 is 1.14 bits per heavy atom. The summed E-state index contributed by atoms with van der Waals surface area (Å²) in [6.45, 7) is 1.94. The average Bonchev–Trinajstić information content (AvgIpc) is 2.47. The molecule has 2 aromatic rings. The van der Waals surface area contributed by atoms with E-state index < -0.39 is 12.1 Å². The fourth-order valence-electron chi connectivity index (χ4n) is 2.05. The van der Waals surface area contributed by atoms with Crippen LogP contribution < -0.4 is 9.47 Å². The molecule has 0 radical (unpaired) electrons. The SMILES string of the molecule is COc1cccc(C[C@@H](Oc2cccc(C)c2)C(=O)O)c1. The molecule has 110 valence electrons. The first-order valence-electron chi connectivity index (χ1n) is 6.67. The van der Waals surface area contributed by atoms with E-state index >= 15 is 0 Å². The summed E-state index contributed by atoms with van der Waals surface area (Å²) >= 11 is 0. The lowest BCUT2D eigenvalue weighted by molar-refractivity contribution is -0.145. The van der Waals surface area contributed by atoms with Crippen LogP contribution in [0.2, 0.25) is 0 Å². The van der Waals surface area contributed by atoms with E-state index in [1.54, 1.807) is 13.2 Å². The van der Waals surface area contributed by atoms with Crippen LogP contribution in [0, 0.1) is 6.92 Å². The molecule has 0 bridgehead atoms. The Kier molecular flexibility index (Phi) is 4.82. The monoisotopic (exact) mass is 286 g/mol. The van der Waals surface area contributed by atoms with Gasteiger partial charge in [-0.05, 0) is 42.3 Å². The van der Waals surface area contributed by atoms with Crippen LogP contribution in [-0.4, -0.2) is 24.3 Å². The molecule has 21 heavy (non-hydrogen) atoms. The number of hydrogen-bond acceptors (Lipinski definition) is 3. The van der Waals surface area contributed by atoms with Gasteiger partial charge in [-0.3, -0.25) is 0 Å². The number of carbonyl (C=O) groups is 1. The molecule has 0 aliphatic heterocycles. The van der Waals surface area contributed by atoms with Gasteiger partial charge in [0.25, 0.3) is 0 Å². The molecule has 0 spiro atoms. The number of benzene rings is 2. The molecule has 4 nitrogen and oxygen atoms in total. The van der Waals surface area contributed by atoms with Crippen molar-refractivity contribution in [2.24, 2.45) is 0 Å². The summed E-state index contributed by atoms with van der Waals surface area (Å²) in [6.07, 6.45) is -0.653. The van der Waals surface area contributed by atoms with Gasteiger partial charge in [0.2, 0.25) is 0 Å². The first-order valence-corrected chi connectivity index (χ1v) is 6.67. The maximum absolute atomic E-state index is 11.4. The van der Waals surface area contributed by atoms with Gasteiger partial charge in [0.05, 0.1) is 7.11 Å². The molecule has 0 fully saturated rings. The van der Waals surface area contributed by atoms with Gasteiger partial charge in [-0.15, -0.1) is 0 Å². The van der Waals surface area contributed by atoms with Crippen LogP contribution in [0.25, 0.3) is 0 Å².